The molecule has 8 aromatic rings. The number of fused-ring (bicyclic) bond motifs is 4. The first-order chi connectivity index (χ1) is 25.7. The standard InChI is InChI=1S/C46H44N6/c1(11-29-51(31-39-25-21-35-13-3-7-17-43(35)47-39)32-40-26-22-36-14-4-8-18-44(36)48-40)2-12-30-52(33-41-27-23-37-15-5-9-19-45(37)49-41)34-42-28-24-38-16-6-10-20-46(38)50-42/h3-10,13-28H,1-2,11-12,29-34H2. The highest BCUT2D eigenvalue weighted by atomic mass is 15.1. The lowest BCUT2D eigenvalue weighted by molar-refractivity contribution is 0.234. The maximum absolute atomic E-state index is 5.01. The molecule has 0 amide bonds. The number of unbranched alkanes of at least 4 members (excludes halogenated alkanes) is 3. The summed E-state index contributed by atoms with van der Waals surface area (Å²) >= 11 is 0. The molecule has 4 aromatic carbocycles. The number of nitrogens with zero attached hydrogens (tertiary/aromatic N) is 6. The van der Waals surface area contributed by atoms with Gasteiger partial charge in [-0.2, -0.15) is 0 Å². The third-order valence-corrected chi connectivity index (χ3v) is 9.87. The summed E-state index contributed by atoms with van der Waals surface area (Å²) in [5.41, 5.74) is 8.58. The molecule has 52 heavy (non-hydrogen) atoms. The lowest BCUT2D eigenvalue weighted by Gasteiger charge is -2.23. The van der Waals surface area contributed by atoms with E-state index in [0.717, 1.165) is 97.0 Å². The minimum atomic E-state index is 0.796. The summed E-state index contributed by atoms with van der Waals surface area (Å²) in [5.74, 6) is 0. The Hall–Kier alpha value is -5.56. The van der Waals surface area contributed by atoms with Crippen LogP contribution in [0.2, 0.25) is 0 Å². The Morgan fingerprint density at radius 3 is 0.846 bits per heavy atom. The van der Waals surface area contributed by atoms with Gasteiger partial charge in [-0.05, 0) is 74.5 Å². The van der Waals surface area contributed by atoms with Gasteiger partial charge < -0.3 is 0 Å². The minimum Gasteiger partial charge on any atom is -0.292 e. The predicted molar refractivity (Wildman–Crippen MR) is 214 cm³/mol. The van der Waals surface area contributed by atoms with Gasteiger partial charge in [0.15, 0.2) is 0 Å². The van der Waals surface area contributed by atoms with E-state index >= 15 is 0 Å². The highest BCUT2D eigenvalue weighted by Gasteiger charge is 2.13. The van der Waals surface area contributed by atoms with Gasteiger partial charge in [0, 0.05) is 47.7 Å². The van der Waals surface area contributed by atoms with E-state index in [1.807, 2.05) is 0 Å². The average molecular weight is 681 g/mol. The molecule has 6 heteroatoms. The molecular weight excluding hydrogens is 637 g/mol. The molecular formula is C46H44N6. The van der Waals surface area contributed by atoms with E-state index in [9.17, 15) is 0 Å². The SMILES string of the molecule is c1ccc2nc(CN(CCCCCCN(Cc3ccc4ccccc4n3)Cc3ccc4ccccc4n3)Cc3ccc4ccccc4n3)ccc2c1. The van der Waals surface area contributed by atoms with Crippen LogP contribution in [0.15, 0.2) is 146 Å². The second-order valence-electron chi connectivity index (χ2n) is 13.8. The Morgan fingerprint density at radius 1 is 0.288 bits per heavy atom. The van der Waals surface area contributed by atoms with E-state index in [-0.39, 0.29) is 0 Å². The maximum atomic E-state index is 5.01. The maximum Gasteiger partial charge on any atom is 0.0705 e. The van der Waals surface area contributed by atoms with E-state index in [1.165, 1.54) is 34.4 Å². The molecule has 0 atom stereocenters. The number of pyridine rings is 4. The van der Waals surface area contributed by atoms with Gasteiger partial charge in [-0.1, -0.05) is 110 Å². The summed E-state index contributed by atoms with van der Waals surface area (Å²) in [6.07, 6.45) is 4.59. The molecule has 0 unspecified atom stereocenters. The molecule has 0 spiro atoms. The average Bonchev–Trinajstić information content (AvgIpc) is 3.19. The van der Waals surface area contributed by atoms with Crippen molar-refractivity contribution in [2.24, 2.45) is 0 Å². The molecule has 6 nitrogen and oxygen atoms in total. The first-order valence-corrected chi connectivity index (χ1v) is 18.6. The predicted octanol–water partition coefficient (Wildman–Crippen LogP) is 10.1. The van der Waals surface area contributed by atoms with Crippen LogP contribution in [0.25, 0.3) is 43.6 Å². The van der Waals surface area contributed by atoms with Gasteiger partial charge >= 0.3 is 0 Å². The van der Waals surface area contributed by atoms with Crippen LogP contribution in [0.5, 0.6) is 0 Å². The molecule has 0 N–H and O–H groups in total. The fourth-order valence-electron chi connectivity index (χ4n) is 7.15. The van der Waals surface area contributed by atoms with Crippen molar-refractivity contribution >= 4 is 43.6 Å². The third kappa shape index (κ3) is 8.48. The quantitative estimate of drug-likeness (QED) is 0.101. The van der Waals surface area contributed by atoms with Gasteiger partial charge in [0.2, 0.25) is 0 Å². The van der Waals surface area contributed by atoms with E-state index in [2.05, 4.69) is 155 Å². The van der Waals surface area contributed by atoms with Crippen LogP contribution in [-0.2, 0) is 26.2 Å². The number of benzene rings is 4. The molecule has 0 bridgehead atoms. The second-order valence-corrected chi connectivity index (χ2v) is 13.8. The largest absolute Gasteiger partial charge is 0.292 e. The Morgan fingerprint density at radius 2 is 0.558 bits per heavy atom. The lowest BCUT2D eigenvalue weighted by atomic mass is 10.1. The molecule has 0 saturated carbocycles. The Labute approximate surface area is 305 Å². The molecule has 0 fully saturated rings. The van der Waals surface area contributed by atoms with E-state index in [0.29, 0.717) is 0 Å². The summed E-state index contributed by atoms with van der Waals surface area (Å²) in [4.78, 5) is 25.1. The van der Waals surface area contributed by atoms with Crippen LogP contribution in [0.4, 0.5) is 0 Å². The van der Waals surface area contributed by atoms with Crippen molar-refractivity contribution in [1.29, 1.82) is 0 Å². The normalized spacial score (nSPS) is 11.8. The topological polar surface area (TPSA) is 58.0 Å². The molecule has 0 aliphatic rings. The van der Waals surface area contributed by atoms with Gasteiger partial charge in [-0.3, -0.25) is 29.7 Å². The van der Waals surface area contributed by atoms with Crippen LogP contribution < -0.4 is 0 Å². The van der Waals surface area contributed by atoms with Crippen molar-refractivity contribution in [3.8, 4) is 0 Å². The smallest absolute Gasteiger partial charge is 0.0705 e. The van der Waals surface area contributed by atoms with Crippen LogP contribution in [0.3, 0.4) is 0 Å². The lowest BCUT2D eigenvalue weighted by Crippen LogP contribution is -2.26. The van der Waals surface area contributed by atoms with Gasteiger partial charge in [-0.15, -0.1) is 0 Å². The van der Waals surface area contributed by atoms with E-state index in [4.69, 9.17) is 19.9 Å². The van der Waals surface area contributed by atoms with Crippen LogP contribution >= 0.6 is 0 Å². The molecule has 0 radical (unpaired) electrons. The van der Waals surface area contributed by atoms with E-state index in [1.54, 1.807) is 0 Å². The zero-order chi connectivity index (χ0) is 35.0. The molecule has 0 aliphatic carbocycles. The highest BCUT2D eigenvalue weighted by molar-refractivity contribution is 5.80. The van der Waals surface area contributed by atoms with Crippen LogP contribution in [-0.4, -0.2) is 42.8 Å². The fraction of sp³-hybridized carbons (Fsp3) is 0.217. The number of hydrogen-bond donors (Lipinski definition) is 0. The summed E-state index contributed by atoms with van der Waals surface area (Å²) in [5, 5.41) is 4.71. The second kappa shape index (κ2) is 16.2. The summed E-state index contributed by atoms with van der Waals surface area (Å²) in [6, 6.07) is 50.9. The highest BCUT2D eigenvalue weighted by Crippen LogP contribution is 2.20. The molecule has 0 aliphatic heterocycles. The molecule has 4 aromatic heterocycles. The van der Waals surface area contributed by atoms with Crippen LogP contribution in [0, 0.1) is 0 Å². The first-order valence-electron chi connectivity index (χ1n) is 18.6. The van der Waals surface area contributed by atoms with Crippen molar-refractivity contribution in [3.05, 3.63) is 168 Å². The summed E-state index contributed by atoms with van der Waals surface area (Å²) in [6.45, 7) is 5.17. The Bertz CT molecular complexity index is 2090. The molecule has 4 heterocycles. The summed E-state index contributed by atoms with van der Waals surface area (Å²) < 4.78 is 0. The summed E-state index contributed by atoms with van der Waals surface area (Å²) in [7, 11) is 0. The number of rotatable bonds is 15. The molecule has 8 rings (SSSR count). The van der Waals surface area contributed by atoms with Crippen molar-refractivity contribution in [1.82, 2.24) is 29.7 Å². The van der Waals surface area contributed by atoms with Crippen molar-refractivity contribution in [2.75, 3.05) is 13.1 Å². The van der Waals surface area contributed by atoms with Gasteiger partial charge in [0.1, 0.15) is 0 Å². The fourth-order valence-corrected chi connectivity index (χ4v) is 7.15. The molecule has 0 saturated heterocycles. The number of aromatic nitrogens is 4. The Balaban J connectivity index is 0.915. The zero-order valence-corrected chi connectivity index (χ0v) is 29.6. The minimum absolute atomic E-state index is 0.796. The monoisotopic (exact) mass is 680 g/mol. The first kappa shape index (κ1) is 33.6. The van der Waals surface area contributed by atoms with Gasteiger partial charge in [0.25, 0.3) is 0 Å². The molecule has 258 valence electrons. The van der Waals surface area contributed by atoms with Crippen LogP contribution in [0.1, 0.15) is 48.5 Å². The van der Waals surface area contributed by atoms with Crippen molar-refractivity contribution in [2.45, 2.75) is 51.9 Å². The van der Waals surface area contributed by atoms with Crippen molar-refractivity contribution < 1.29 is 0 Å². The zero-order valence-electron chi connectivity index (χ0n) is 29.6. The third-order valence-electron chi connectivity index (χ3n) is 9.87. The van der Waals surface area contributed by atoms with Crippen molar-refractivity contribution in [3.63, 3.8) is 0 Å². The number of hydrogen-bond acceptors (Lipinski definition) is 6. The van der Waals surface area contributed by atoms with Gasteiger partial charge in [-0.25, -0.2) is 0 Å². The number of para-hydroxylation sites is 4. The van der Waals surface area contributed by atoms with E-state index < -0.39 is 0 Å². The Kier molecular flexibility index (Phi) is 10.5. The van der Waals surface area contributed by atoms with Gasteiger partial charge in [0.05, 0.1) is 44.8 Å².